The van der Waals surface area contributed by atoms with Gasteiger partial charge >= 0.3 is 0 Å². The molecule has 1 saturated heterocycles. The third kappa shape index (κ3) is 3.20. The highest BCUT2D eigenvalue weighted by atomic mass is 16.6. The van der Waals surface area contributed by atoms with Gasteiger partial charge in [-0.1, -0.05) is 19.8 Å². The molecule has 0 aromatic heterocycles. The lowest BCUT2D eigenvalue weighted by Crippen LogP contribution is -2.26. The molecule has 0 aliphatic carbocycles. The van der Waals surface area contributed by atoms with Gasteiger partial charge in [0.25, 0.3) is 0 Å². The van der Waals surface area contributed by atoms with Gasteiger partial charge in [-0.25, -0.2) is 0 Å². The minimum Gasteiger partial charge on any atom is -0.486 e. The smallest absolute Gasteiger partial charge is 0.163 e. The predicted molar refractivity (Wildman–Crippen MR) is 86.3 cm³/mol. The first-order chi connectivity index (χ1) is 10.3. The van der Waals surface area contributed by atoms with E-state index < -0.39 is 0 Å². The zero-order chi connectivity index (χ0) is 14.7. The molecule has 1 aromatic rings. The van der Waals surface area contributed by atoms with Gasteiger partial charge in [0.15, 0.2) is 11.5 Å². The van der Waals surface area contributed by atoms with Crippen LogP contribution in [0.5, 0.6) is 11.5 Å². The van der Waals surface area contributed by atoms with Crippen molar-refractivity contribution < 1.29 is 9.47 Å². The normalized spacial score (nSPS) is 22.0. The molecule has 1 atom stereocenters. The van der Waals surface area contributed by atoms with Crippen LogP contribution in [0.4, 0.5) is 11.4 Å². The highest BCUT2D eigenvalue weighted by Gasteiger charge is 2.21. The Bertz CT molecular complexity index is 490. The van der Waals surface area contributed by atoms with Gasteiger partial charge in [-0.05, 0) is 25.2 Å². The summed E-state index contributed by atoms with van der Waals surface area (Å²) in [5, 5.41) is 0. The molecule has 116 valence electrons. The lowest BCUT2D eigenvalue weighted by atomic mass is 9.96. The molecule has 2 heterocycles. The third-order valence-electron chi connectivity index (χ3n) is 4.58. The van der Waals surface area contributed by atoms with E-state index in [1.165, 1.54) is 32.1 Å². The molecule has 2 N–H and O–H groups in total. The van der Waals surface area contributed by atoms with Crippen LogP contribution in [0.2, 0.25) is 0 Å². The Hall–Kier alpha value is -1.58. The first-order valence-corrected chi connectivity index (χ1v) is 8.22. The number of hydrogen-bond acceptors (Lipinski definition) is 4. The molecule has 2 aliphatic rings. The van der Waals surface area contributed by atoms with Gasteiger partial charge in [-0.15, -0.1) is 0 Å². The minimum atomic E-state index is 0.605. The van der Waals surface area contributed by atoms with Gasteiger partial charge < -0.3 is 20.1 Å². The summed E-state index contributed by atoms with van der Waals surface area (Å²) in [6.45, 7) is 5.68. The quantitative estimate of drug-likeness (QED) is 0.866. The van der Waals surface area contributed by atoms with Crippen LogP contribution in [0.25, 0.3) is 0 Å². The topological polar surface area (TPSA) is 47.7 Å². The number of nitrogens with zero attached hydrogens (tertiary/aromatic N) is 1. The Morgan fingerprint density at radius 3 is 2.67 bits per heavy atom. The molecule has 0 amide bonds. The molecular formula is C17H26N2O2. The van der Waals surface area contributed by atoms with E-state index >= 15 is 0 Å². The van der Waals surface area contributed by atoms with Crippen LogP contribution in [0.15, 0.2) is 12.1 Å². The summed E-state index contributed by atoms with van der Waals surface area (Å²) in [5.41, 5.74) is 8.15. The molecule has 4 heteroatoms. The number of fused-ring (bicyclic) bond motifs is 1. The van der Waals surface area contributed by atoms with Gasteiger partial charge in [0.2, 0.25) is 0 Å². The van der Waals surface area contributed by atoms with Gasteiger partial charge in [0, 0.05) is 25.2 Å². The van der Waals surface area contributed by atoms with E-state index in [0.717, 1.165) is 41.9 Å². The Morgan fingerprint density at radius 1 is 1.14 bits per heavy atom. The Labute approximate surface area is 127 Å². The van der Waals surface area contributed by atoms with Crippen molar-refractivity contribution in [2.75, 3.05) is 36.9 Å². The Balaban J connectivity index is 1.77. The number of ether oxygens (including phenoxy) is 2. The molecule has 0 bridgehead atoms. The van der Waals surface area contributed by atoms with E-state index in [-0.39, 0.29) is 0 Å². The van der Waals surface area contributed by atoms with E-state index in [1.807, 2.05) is 6.07 Å². The average molecular weight is 290 g/mol. The molecule has 21 heavy (non-hydrogen) atoms. The number of anilines is 2. The van der Waals surface area contributed by atoms with E-state index in [4.69, 9.17) is 15.2 Å². The SMILES string of the molecule is CCCC1CCCN(c2cc3c(cc2N)OCCO3)CC1. The molecule has 2 aliphatic heterocycles. The fraction of sp³-hybridized carbons (Fsp3) is 0.647. The predicted octanol–water partition coefficient (Wildman–Crippen LogP) is 3.45. The van der Waals surface area contributed by atoms with Crippen LogP contribution in [-0.4, -0.2) is 26.3 Å². The second-order valence-corrected chi connectivity index (χ2v) is 6.13. The van der Waals surface area contributed by atoms with Crippen LogP contribution in [0.1, 0.15) is 39.0 Å². The number of nitrogens with two attached hydrogens (primary N) is 1. The van der Waals surface area contributed by atoms with E-state index in [1.54, 1.807) is 0 Å². The standard InChI is InChI=1S/C17H26N2O2/c1-2-4-13-5-3-7-19(8-6-13)15-12-17-16(11-14(15)18)20-9-10-21-17/h11-13H,2-10,18H2,1H3. The zero-order valence-corrected chi connectivity index (χ0v) is 12.9. The Morgan fingerprint density at radius 2 is 1.90 bits per heavy atom. The van der Waals surface area contributed by atoms with Gasteiger partial charge in [0.05, 0.1) is 11.4 Å². The van der Waals surface area contributed by atoms with E-state index in [0.29, 0.717) is 13.2 Å². The second kappa shape index (κ2) is 6.46. The molecule has 1 fully saturated rings. The van der Waals surface area contributed by atoms with Crippen molar-refractivity contribution in [3.05, 3.63) is 12.1 Å². The molecule has 1 unspecified atom stereocenters. The largest absolute Gasteiger partial charge is 0.486 e. The van der Waals surface area contributed by atoms with Crippen LogP contribution < -0.4 is 20.1 Å². The van der Waals surface area contributed by atoms with Crippen molar-refractivity contribution in [1.29, 1.82) is 0 Å². The fourth-order valence-electron chi connectivity index (χ4n) is 3.47. The maximum atomic E-state index is 6.24. The number of hydrogen-bond donors (Lipinski definition) is 1. The third-order valence-corrected chi connectivity index (χ3v) is 4.58. The molecule has 4 nitrogen and oxygen atoms in total. The highest BCUT2D eigenvalue weighted by Crippen LogP contribution is 2.39. The summed E-state index contributed by atoms with van der Waals surface area (Å²) in [6, 6.07) is 3.97. The van der Waals surface area contributed by atoms with Crippen LogP contribution >= 0.6 is 0 Å². The van der Waals surface area contributed by atoms with Gasteiger partial charge in [-0.3, -0.25) is 0 Å². The summed E-state index contributed by atoms with van der Waals surface area (Å²) in [6.07, 6.45) is 6.50. The fourth-order valence-corrected chi connectivity index (χ4v) is 3.47. The monoisotopic (exact) mass is 290 g/mol. The summed E-state index contributed by atoms with van der Waals surface area (Å²) >= 11 is 0. The molecule has 0 saturated carbocycles. The Kier molecular flexibility index (Phi) is 4.42. The molecule has 0 spiro atoms. The lowest BCUT2D eigenvalue weighted by Gasteiger charge is -2.27. The average Bonchev–Trinajstić information content (AvgIpc) is 2.73. The number of rotatable bonds is 3. The number of nitrogen functional groups attached to an aromatic ring is 1. The molecule has 1 aromatic carbocycles. The second-order valence-electron chi connectivity index (χ2n) is 6.13. The van der Waals surface area contributed by atoms with Crippen molar-refractivity contribution in [3.63, 3.8) is 0 Å². The minimum absolute atomic E-state index is 0.605. The van der Waals surface area contributed by atoms with Crippen molar-refractivity contribution in [2.24, 2.45) is 5.92 Å². The summed E-state index contributed by atoms with van der Waals surface area (Å²) in [4.78, 5) is 2.42. The molecular weight excluding hydrogens is 264 g/mol. The van der Waals surface area contributed by atoms with Crippen LogP contribution in [0.3, 0.4) is 0 Å². The lowest BCUT2D eigenvalue weighted by molar-refractivity contribution is 0.172. The van der Waals surface area contributed by atoms with Gasteiger partial charge in [-0.2, -0.15) is 0 Å². The maximum Gasteiger partial charge on any atom is 0.163 e. The van der Waals surface area contributed by atoms with Crippen molar-refractivity contribution in [3.8, 4) is 11.5 Å². The van der Waals surface area contributed by atoms with Crippen LogP contribution in [0, 0.1) is 5.92 Å². The summed E-state index contributed by atoms with van der Waals surface area (Å²) < 4.78 is 11.3. The summed E-state index contributed by atoms with van der Waals surface area (Å²) in [7, 11) is 0. The molecule has 3 rings (SSSR count). The van der Waals surface area contributed by atoms with Crippen molar-refractivity contribution in [1.82, 2.24) is 0 Å². The van der Waals surface area contributed by atoms with Crippen molar-refractivity contribution >= 4 is 11.4 Å². The van der Waals surface area contributed by atoms with Gasteiger partial charge in [0.1, 0.15) is 13.2 Å². The highest BCUT2D eigenvalue weighted by molar-refractivity contribution is 5.73. The first kappa shape index (κ1) is 14.4. The first-order valence-electron chi connectivity index (χ1n) is 8.22. The number of benzene rings is 1. The van der Waals surface area contributed by atoms with Crippen molar-refractivity contribution in [2.45, 2.75) is 39.0 Å². The zero-order valence-electron chi connectivity index (χ0n) is 12.9. The summed E-state index contributed by atoms with van der Waals surface area (Å²) in [5.74, 6) is 2.49. The van der Waals surface area contributed by atoms with E-state index in [2.05, 4.69) is 17.9 Å². The molecule has 0 radical (unpaired) electrons. The van der Waals surface area contributed by atoms with E-state index in [9.17, 15) is 0 Å². The maximum absolute atomic E-state index is 6.24. The van der Waals surface area contributed by atoms with Crippen LogP contribution in [-0.2, 0) is 0 Å².